The van der Waals surface area contributed by atoms with Gasteiger partial charge >= 0.3 is 18.3 Å². The first-order chi connectivity index (χ1) is 13.5. The maximum Gasteiger partial charge on any atom is 0.435 e. The van der Waals surface area contributed by atoms with Gasteiger partial charge in [-0.3, -0.25) is 9.48 Å². The van der Waals surface area contributed by atoms with Gasteiger partial charge in [-0.25, -0.2) is 0 Å². The van der Waals surface area contributed by atoms with Crippen LogP contribution in [0.25, 0.3) is 11.4 Å². The van der Waals surface area contributed by atoms with Crippen molar-refractivity contribution in [3.8, 4) is 11.4 Å². The molecule has 3 aromatic rings. The summed E-state index contributed by atoms with van der Waals surface area (Å²) in [6.45, 7) is -1.11. The molecular formula is C16H10F6N4O3. The molecule has 0 spiro atoms. The number of nitrogens with zero attached hydrogens (tertiary/aromatic N) is 4. The van der Waals surface area contributed by atoms with Crippen LogP contribution in [0.15, 0.2) is 41.1 Å². The first-order valence-corrected chi connectivity index (χ1v) is 7.79. The molecule has 0 amide bonds. The molecule has 2 heterocycles. The number of halogens is 6. The van der Waals surface area contributed by atoms with Crippen LogP contribution in [0, 0.1) is 0 Å². The molecule has 0 saturated heterocycles. The molecule has 154 valence electrons. The van der Waals surface area contributed by atoms with Gasteiger partial charge in [0.1, 0.15) is 6.54 Å². The van der Waals surface area contributed by atoms with E-state index in [1.165, 1.54) is 12.1 Å². The van der Waals surface area contributed by atoms with Crippen LogP contribution in [-0.2, 0) is 35.0 Å². The molecule has 29 heavy (non-hydrogen) atoms. The standard InChI is InChI=1S/C16H10F6N4O3/c17-15(18,19)10-3-1-2-9(6-10)14-23-12(29-25-14)8-28-13(27)7-26-5-4-11(24-26)16(20,21)22/h1-6H,7-8H2. The van der Waals surface area contributed by atoms with Gasteiger partial charge in [0.2, 0.25) is 5.82 Å². The largest absolute Gasteiger partial charge is 0.454 e. The molecule has 0 aliphatic heterocycles. The normalized spacial score (nSPS) is 12.2. The van der Waals surface area contributed by atoms with E-state index in [-0.39, 0.29) is 17.3 Å². The van der Waals surface area contributed by atoms with Gasteiger partial charge in [0.25, 0.3) is 5.89 Å². The number of hydrogen-bond acceptors (Lipinski definition) is 6. The average molecular weight is 420 g/mol. The molecule has 0 radical (unpaired) electrons. The van der Waals surface area contributed by atoms with Crippen molar-refractivity contribution >= 4 is 5.97 Å². The van der Waals surface area contributed by atoms with Gasteiger partial charge in [0.05, 0.1) is 5.56 Å². The van der Waals surface area contributed by atoms with Gasteiger partial charge in [0.15, 0.2) is 12.3 Å². The second kappa shape index (κ2) is 7.56. The molecule has 0 fully saturated rings. The fraction of sp³-hybridized carbons (Fsp3) is 0.250. The number of alkyl halides is 6. The Labute approximate surface area is 157 Å². The second-order valence-electron chi connectivity index (χ2n) is 5.65. The van der Waals surface area contributed by atoms with E-state index < -0.39 is 42.7 Å². The van der Waals surface area contributed by atoms with E-state index in [0.717, 1.165) is 23.0 Å². The number of benzene rings is 1. The van der Waals surface area contributed by atoms with E-state index in [1.807, 2.05) is 0 Å². The number of ether oxygens (including phenoxy) is 1. The fourth-order valence-corrected chi connectivity index (χ4v) is 2.19. The van der Waals surface area contributed by atoms with Crippen molar-refractivity contribution in [2.75, 3.05) is 0 Å². The molecule has 7 nitrogen and oxygen atoms in total. The molecule has 0 aliphatic carbocycles. The number of rotatable bonds is 5. The molecule has 0 saturated carbocycles. The maximum atomic E-state index is 12.8. The third-order valence-electron chi connectivity index (χ3n) is 3.50. The zero-order valence-corrected chi connectivity index (χ0v) is 14.2. The lowest BCUT2D eigenvalue weighted by Crippen LogP contribution is -2.15. The number of aromatic nitrogens is 4. The second-order valence-corrected chi connectivity index (χ2v) is 5.65. The Balaban J connectivity index is 1.59. The smallest absolute Gasteiger partial charge is 0.435 e. The van der Waals surface area contributed by atoms with Crippen molar-refractivity contribution in [1.82, 2.24) is 19.9 Å². The van der Waals surface area contributed by atoms with Crippen LogP contribution in [0.5, 0.6) is 0 Å². The summed E-state index contributed by atoms with van der Waals surface area (Å²) < 4.78 is 86.0. The summed E-state index contributed by atoms with van der Waals surface area (Å²) in [6, 6.07) is 4.92. The number of hydrogen-bond donors (Lipinski definition) is 0. The van der Waals surface area contributed by atoms with Crippen LogP contribution in [0.1, 0.15) is 17.1 Å². The highest BCUT2D eigenvalue weighted by Gasteiger charge is 2.33. The van der Waals surface area contributed by atoms with Crippen LogP contribution >= 0.6 is 0 Å². The summed E-state index contributed by atoms with van der Waals surface area (Å²) in [6.07, 6.45) is -8.22. The summed E-state index contributed by atoms with van der Waals surface area (Å²) in [7, 11) is 0. The predicted molar refractivity (Wildman–Crippen MR) is 81.8 cm³/mol. The zero-order chi connectivity index (χ0) is 21.2. The third-order valence-corrected chi connectivity index (χ3v) is 3.50. The number of carbonyl (C=O) groups is 1. The molecule has 0 aliphatic rings. The van der Waals surface area contributed by atoms with Crippen LogP contribution in [0.3, 0.4) is 0 Å². The number of carbonyl (C=O) groups excluding carboxylic acids is 1. The molecule has 2 aromatic heterocycles. The first kappa shape index (κ1) is 20.4. The van der Waals surface area contributed by atoms with Crippen molar-refractivity contribution in [1.29, 1.82) is 0 Å². The average Bonchev–Trinajstić information content (AvgIpc) is 3.28. The first-order valence-electron chi connectivity index (χ1n) is 7.79. The van der Waals surface area contributed by atoms with E-state index in [9.17, 15) is 31.1 Å². The minimum atomic E-state index is -4.64. The van der Waals surface area contributed by atoms with Gasteiger partial charge in [-0.1, -0.05) is 17.3 Å². The van der Waals surface area contributed by atoms with Gasteiger partial charge in [-0.15, -0.1) is 0 Å². The minimum Gasteiger partial charge on any atom is -0.454 e. The number of esters is 1. The summed E-state index contributed by atoms with van der Waals surface area (Å²) in [4.78, 5) is 15.5. The van der Waals surface area contributed by atoms with E-state index in [2.05, 4.69) is 15.2 Å². The Kier molecular flexibility index (Phi) is 5.31. The van der Waals surface area contributed by atoms with Crippen LogP contribution in [-0.4, -0.2) is 25.9 Å². The Hall–Kier alpha value is -3.38. The Morgan fingerprint density at radius 3 is 2.52 bits per heavy atom. The van der Waals surface area contributed by atoms with Crippen molar-refractivity contribution < 1.29 is 40.4 Å². The lowest BCUT2D eigenvalue weighted by atomic mass is 10.1. The Bertz CT molecular complexity index is 1010. The summed E-state index contributed by atoms with van der Waals surface area (Å²) in [5, 5.41) is 6.71. The Morgan fingerprint density at radius 2 is 1.86 bits per heavy atom. The van der Waals surface area contributed by atoms with Crippen molar-refractivity contribution in [3.05, 3.63) is 53.7 Å². The van der Waals surface area contributed by atoms with E-state index in [0.29, 0.717) is 6.07 Å². The quantitative estimate of drug-likeness (QED) is 0.462. The highest BCUT2D eigenvalue weighted by Crippen LogP contribution is 2.31. The fourth-order valence-electron chi connectivity index (χ4n) is 2.19. The van der Waals surface area contributed by atoms with Gasteiger partial charge < -0.3 is 9.26 Å². The highest BCUT2D eigenvalue weighted by atomic mass is 19.4. The highest BCUT2D eigenvalue weighted by molar-refractivity contribution is 5.69. The van der Waals surface area contributed by atoms with E-state index in [1.54, 1.807) is 0 Å². The van der Waals surface area contributed by atoms with Crippen LogP contribution in [0.4, 0.5) is 26.3 Å². The molecule has 0 bridgehead atoms. The maximum absolute atomic E-state index is 12.8. The van der Waals surface area contributed by atoms with E-state index in [4.69, 9.17) is 9.26 Å². The lowest BCUT2D eigenvalue weighted by Gasteiger charge is -2.06. The molecule has 0 N–H and O–H groups in total. The van der Waals surface area contributed by atoms with Crippen molar-refractivity contribution in [2.24, 2.45) is 0 Å². The predicted octanol–water partition coefficient (Wildman–Crippen LogP) is 3.71. The Morgan fingerprint density at radius 1 is 1.10 bits per heavy atom. The molecule has 13 heteroatoms. The van der Waals surface area contributed by atoms with Gasteiger partial charge in [0, 0.05) is 11.8 Å². The molecule has 1 aromatic carbocycles. The summed E-state index contributed by atoms with van der Waals surface area (Å²) >= 11 is 0. The minimum absolute atomic E-state index is 0.0392. The van der Waals surface area contributed by atoms with Crippen molar-refractivity contribution in [2.45, 2.75) is 25.5 Å². The topological polar surface area (TPSA) is 83.0 Å². The van der Waals surface area contributed by atoms with Crippen LogP contribution in [0.2, 0.25) is 0 Å². The molecular weight excluding hydrogens is 410 g/mol. The van der Waals surface area contributed by atoms with Crippen molar-refractivity contribution in [3.63, 3.8) is 0 Å². The van der Waals surface area contributed by atoms with E-state index >= 15 is 0 Å². The lowest BCUT2D eigenvalue weighted by molar-refractivity contribution is -0.148. The summed E-state index contributed by atoms with van der Waals surface area (Å²) in [5.41, 5.74) is -2.02. The third kappa shape index (κ3) is 5.12. The monoisotopic (exact) mass is 420 g/mol. The molecule has 0 unspecified atom stereocenters. The molecule has 0 atom stereocenters. The van der Waals surface area contributed by atoms with Crippen LogP contribution < -0.4 is 0 Å². The molecule has 3 rings (SSSR count). The van der Waals surface area contributed by atoms with Gasteiger partial charge in [-0.2, -0.15) is 36.4 Å². The SMILES string of the molecule is O=C(Cn1ccc(C(F)(F)F)n1)OCc1nc(-c2cccc(C(F)(F)F)c2)no1. The van der Waals surface area contributed by atoms with Gasteiger partial charge in [-0.05, 0) is 18.2 Å². The summed E-state index contributed by atoms with van der Waals surface area (Å²) in [5.74, 6) is -1.29. The zero-order valence-electron chi connectivity index (χ0n) is 14.2.